The predicted octanol–water partition coefficient (Wildman–Crippen LogP) is 6.76. The molecule has 2 fully saturated rings. The Bertz CT molecular complexity index is 1690. The minimum Gasteiger partial charge on any atom is -0.455 e. The molecule has 2 saturated carbocycles. The number of carbonyl (C=O) groups excluding carboxylic acids is 1. The summed E-state index contributed by atoms with van der Waals surface area (Å²) in [6.07, 6.45) is 15.8. The van der Waals surface area contributed by atoms with Crippen molar-refractivity contribution in [2.75, 3.05) is 18.4 Å². The molecule has 1 aromatic carbocycles. The lowest BCUT2D eigenvalue weighted by molar-refractivity contribution is -0.126. The number of aromatic nitrogens is 3. The molecule has 1 amide bonds. The molecule has 1 aliphatic heterocycles. The van der Waals surface area contributed by atoms with Gasteiger partial charge in [-0.1, -0.05) is 6.08 Å². The van der Waals surface area contributed by atoms with Gasteiger partial charge in [-0.2, -0.15) is 0 Å². The lowest BCUT2D eigenvalue weighted by atomic mass is 9.93. The maximum Gasteiger partial charge on any atom is 0.246 e. The molecule has 0 saturated heterocycles. The third kappa shape index (κ3) is 7.19. The molecular weight excluding hydrogens is 584 g/mol. The van der Waals surface area contributed by atoms with E-state index in [2.05, 4.69) is 31.7 Å². The van der Waals surface area contributed by atoms with Crippen molar-refractivity contribution in [2.45, 2.75) is 83.6 Å². The number of carbonyl (C=O) groups is 1. The van der Waals surface area contributed by atoms with E-state index in [9.17, 15) is 4.79 Å². The number of nitrogens with one attached hydrogen (secondary N) is 2. The normalized spacial score (nSPS) is 20.0. The van der Waals surface area contributed by atoms with Crippen LogP contribution in [0.15, 0.2) is 55.0 Å². The van der Waals surface area contributed by atoms with Gasteiger partial charge in [0.1, 0.15) is 28.5 Å². The van der Waals surface area contributed by atoms with Crippen molar-refractivity contribution in [3.8, 4) is 11.5 Å². The second kappa shape index (κ2) is 13.2. The van der Waals surface area contributed by atoms with Gasteiger partial charge in [0, 0.05) is 41.5 Å². The molecule has 2 N–H and O–H groups in total. The fourth-order valence-corrected chi connectivity index (χ4v) is 7.41. The number of nitrogens with zero attached hydrogens (tertiary/aromatic N) is 4. The average Bonchev–Trinajstić information content (AvgIpc) is 3.78. The molecule has 0 atom stereocenters. The van der Waals surface area contributed by atoms with Crippen molar-refractivity contribution in [1.29, 1.82) is 0 Å². The minimum absolute atomic E-state index is 0.0603. The van der Waals surface area contributed by atoms with Crippen molar-refractivity contribution in [2.24, 2.45) is 0 Å². The summed E-state index contributed by atoms with van der Waals surface area (Å²) in [6.45, 7) is 5.96. The monoisotopic (exact) mass is 624 g/mol. The fourth-order valence-electron chi connectivity index (χ4n) is 6.21. The number of rotatable bonds is 10. The molecule has 9 nitrogen and oxygen atoms in total. The summed E-state index contributed by atoms with van der Waals surface area (Å²) in [4.78, 5) is 30.6. The average molecular weight is 625 g/mol. The number of amides is 1. The van der Waals surface area contributed by atoms with Gasteiger partial charge in [0.15, 0.2) is 0 Å². The van der Waals surface area contributed by atoms with Crippen molar-refractivity contribution in [3.63, 3.8) is 0 Å². The second-order valence-corrected chi connectivity index (χ2v) is 13.5. The standard InChI is InChI=1S/C35H40N6O3S/c1-22-18-25(8-14-30(22)44-28-9-5-23(2)37-19-28)40-34-33-29-15-17-41(20-31(29)45-35(33)39-21-38-34)32(42)4-3-16-36-24-6-10-26(11-7-24)43-27-12-13-27/h3-5,8-9,14,18-19,21,24,26-27,36H,6-7,10-13,15-17,20H2,1-2H3,(H,38,39,40)/b4-3+. The first-order valence-electron chi connectivity index (χ1n) is 16.1. The Labute approximate surface area is 268 Å². The number of aryl methyl sites for hydroxylation is 2. The van der Waals surface area contributed by atoms with E-state index < -0.39 is 0 Å². The number of ether oxygens (including phenoxy) is 2. The van der Waals surface area contributed by atoms with Crippen molar-refractivity contribution < 1.29 is 14.3 Å². The molecule has 2 aliphatic carbocycles. The van der Waals surface area contributed by atoms with Gasteiger partial charge in [-0.05, 0) is 100 Å². The van der Waals surface area contributed by atoms with Crippen LogP contribution in [0.25, 0.3) is 10.2 Å². The Hall–Kier alpha value is -3.86. The number of anilines is 2. The maximum atomic E-state index is 13.1. The first kappa shape index (κ1) is 29.8. The highest BCUT2D eigenvalue weighted by molar-refractivity contribution is 7.19. The van der Waals surface area contributed by atoms with Crippen LogP contribution < -0.4 is 15.4 Å². The zero-order valence-electron chi connectivity index (χ0n) is 25.9. The van der Waals surface area contributed by atoms with Gasteiger partial charge < -0.3 is 25.0 Å². The molecule has 7 rings (SSSR count). The predicted molar refractivity (Wildman–Crippen MR) is 177 cm³/mol. The van der Waals surface area contributed by atoms with E-state index in [0.29, 0.717) is 43.6 Å². The third-order valence-corrected chi connectivity index (χ3v) is 9.99. The van der Waals surface area contributed by atoms with Gasteiger partial charge >= 0.3 is 0 Å². The molecule has 4 aromatic rings. The summed E-state index contributed by atoms with van der Waals surface area (Å²) in [7, 11) is 0. The van der Waals surface area contributed by atoms with Crippen LogP contribution in [0, 0.1) is 13.8 Å². The second-order valence-electron chi connectivity index (χ2n) is 12.4. The molecule has 3 aliphatic rings. The number of hydrogen-bond donors (Lipinski definition) is 2. The largest absolute Gasteiger partial charge is 0.455 e. The molecule has 4 heterocycles. The topological polar surface area (TPSA) is 102 Å². The van der Waals surface area contributed by atoms with Gasteiger partial charge in [0.05, 0.1) is 30.3 Å². The Balaban J connectivity index is 0.953. The molecule has 0 bridgehead atoms. The number of benzene rings is 1. The minimum atomic E-state index is 0.0603. The summed E-state index contributed by atoms with van der Waals surface area (Å²) in [5.74, 6) is 2.33. The van der Waals surface area contributed by atoms with E-state index >= 15 is 0 Å². The first-order valence-corrected chi connectivity index (χ1v) is 16.9. The van der Waals surface area contributed by atoms with Gasteiger partial charge in [0.2, 0.25) is 5.91 Å². The Kier molecular flexibility index (Phi) is 8.78. The van der Waals surface area contributed by atoms with E-state index in [4.69, 9.17) is 9.47 Å². The van der Waals surface area contributed by atoms with E-state index in [-0.39, 0.29) is 5.91 Å². The van der Waals surface area contributed by atoms with Crippen molar-refractivity contribution in [1.82, 2.24) is 25.2 Å². The van der Waals surface area contributed by atoms with Gasteiger partial charge in [-0.25, -0.2) is 9.97 Å². The molecule has 234 valence electrons. The van der Waals surface area contributed by atoms with Gasteiger partial charge in [-0.3, -0.25) is 9.78 Å². The summed E-state index contributed by atoms with van der Waals surface area (Å²) in [5, 5.41) is 8.16. The van der Waals surface area contributed by atoms with E-state index in [1.807, 2.05) is 49.1 Å². The molecular formula is C35H40N6O3S. The Morgan fingerprint density at radius 1 is 1.04 bits per heavy atom. The number of thiophene rings is 1. The van der Waals surface area contributed by atoms with E-state index in [1.165, 1.54) is 23.3 Å². The lowest BCUT2D eigenvalue weighted by Gasteiger charge is -2.29. The Morgan fingerprint density at radius 2 is 1.87 bits per heavy atom. The van der Waals surface area contributed by atoms with Crippen LogP contribution in [-0.2, 0) is 22.5 Å². The molecule has 0 unspecified atom stereocenters. The summed E-state index contributed by atoms with van der Waals surface area (Å²) >= 11 is 1.65. The van der Waals surface area contributed by atoms with E-state index in [0.717, 1.165) is 70.8 Å². The van der Waals surface area contributed by atoms with Gasteiger partial charge in [0.25, 0.3) is 0 Å². The Morgan fingerprint density at radius 3 is 2.62 bits per heavy atom. The summed E-state index contributed by atoms with van der Waals surface area (Å²) in [5.41, 5.74) is 4.11. The lowest BCUT2D eigenvalue weighted by Crippen LogP contribution is -2.36. The zero-order valence-corrected chi connectivity index (χ0v) is 26.7. The molecule has 45 heavy (non-hydrogen) atoms. The number of pyridine rings is 1. The fraction of sp³-hybridized carbons (Fsp3) is 0.429. The smallest absolute Gasteiger partial charge is 0.246 e. The highest BCUT2D eigenvalue weighted by atomic mass is 32.1. The molecule has 0 spiro atoms. The van der Waals surface area contributed by atoms with Gasteiger partial charge in [-0.15, -0.1) is 11.3 Å². The summed E-state index contributed by atoms with van der Waals surface area (Å²) in [6, 6.07) is 10.4. The van der Waals surface area contributed by atoms with Crippen LogP contribution in [0.1, 0.15) is 60.2 Å². The van der Waals surface area contributed by atoms with Crippen LogP contribution >= 0.6 is 11.3 Å². The van der Waals surface area contributed by atoms with Crippen LogP contribution in [0.2, 0.25) is 0 Å². The highest BCUT2D eigenvalue weighted by Gasteiger charge is 2.29. The summed E-state index contributed by atoms with van der Waals surface area (Å²) < 4.78 is 12.1. The van der Waals surface area contributed by atoms with Crippen LogP contribution in [-0.4, -0.2) is 57.1 Å². The SMILES string of the molecule is Cc1ccc(Oc2ccc(Nc3ncnc4sc5c(c34)CCN(C(=O)/C=C/CNC3CCC(OC4CC4)CC3)C5)cc2C)cn1. The van der Waals surface area contributed by atoms with Crippen LogP contribution in [0.3, 0.4) is 0 Å². The van der Waals surface area contributed by atoms with Crippen LogP contribution in [0.4, 0.5) is 11.5 Å². The van der Waals surface area contributed by atoms with E-state index in [1.54, 1.807) is 29.9 Å². The number of fused-ring (bicyclic) bond motifs is 3. The van der Waals surface area contributed by atoms with Crippen molar-refractivity contribution in [3.05, 3.63) is 76.7 Å². The first-order chi connectivity index (χ1) is 22.0. The molecule has 0 radical (unpaired) electrons. The van der Waals surface area contributed by atoms with Crippen molar-refractivity contribution >= 4 is 39.0 Å². The maximum absolute atomic E-state index is 13.1. The third-order valence-electron chi connectivity index (χ3n) is 8.87. The zero-order chi connectivity index (χ0) is 30.8. The molecule has 10 heteroatoms. The quantitative estimate of drug-likeness (QED) is 0.187. The van der Waals surface area contributed by atoms with Crippen LogP contribution in [0.5, 0.6) is 11.5 Å². The highest BCUT2D eigenvalue weighted by Crippen LogP contribution is 2.39. The number of hydrogen-bond acceptors (Lipinski definition) is 9. The molecule has 3 aromatic heterocycles.